The van der Waals surface area contributed by atoms with Crippen LogP contribution in [-0.2, 0) is 14.8 Å². The SMILES string of the molecule is CNC(=O)c1ccc(S(=O)(=O)NC(C(=O)N(C)C)C(C)C)cc1. The van der Waals surface area contributed by atoms with Gasteiger partial charge in [0.2, 0.25) is 15.9 Å². The zero-order valence-corrected chi connectivity index (χ0v) is 14.8. The highest BCUT2D eigenvalue weighted by molar-refractivity contribution is 7.89. The predicted octanol–water partition coefficient (Wildman–Crippen LogP) is 0.437. The number of carbonyl (C=O) groups excluding carboxylic acids is 2. The Morgan fingerprint density at radius 2 is 1.61 bits per heavy atom. The van der Waals surface area contributed by atoms with Gasteiger partial charge in [-0.3, -0.25) is 9.59 Å². The molecule has 0 heterocycles. The Morgan fingerprint density at radius 3 is 2.00 bits per heavy atom. The molecule has 1 aromatic carbocycles. The largest absolute Gasteiger partial charge is 0.355 e. The van der Waals surface area contributed by atoms with Crippen LogP contribution in [0.15, 0.2) is 29.2 Å². The van der Waals surface area contributed by atoms with Crippen LogP contribution in [0.2, 0.25) is 0 Å². The zero-order chi connectivity index (χ0) is 17.8. The van der Waals surface area contributed by atoms with Crippen LogP contribution in [0, 0.1) is 5.92 Å². The molecule has 1 unspecified atom stereocenters. The molecule has 0 aromatic heterocycles. The molecular formula is C15H23N3O4S. The summed E-state index contributed by atoms with van der Waals surface area (Å²) in [6.45, 7) is 3.53. The summed E-state index contributed by atoms with van der Waals surface area (Å²) in [4.78, 5) is 25.0. The molecule has 1 aromatic rings. The first-order chi connectivity index (χ1) is 10.6. The molecule has 7 nitrogen and oxygen atoms in total. The molecule has 128 valence electrons. The fourth-order valence-electron chi connectivity index (χ4n) is 1.91. The number of benzene rings is 1. The third kappa shape index (κ3) is 4.77. The molecule has 0 bridgehead atoms. The van der Waals surface area contributed by atoms with E-state index in [1.165, 1.54) is 36.2 Å². The van der Waals surface area contributed by atoms with Crippen molar-refractivity contribution in [3.8, 4) is 0 Å². The Bertz CT molecular complexity index is 666. The molecule has 2 amide bonds. The maximum absolute atomic E-state index is 12.4. The van der Waals surface area contributed by atoms with E-state index in [0.717, 1.165) is 0 Å². The van der Waals surface area contributed by atoms with Gasteiger partial charge in [0.15, 0.2) is 0 Å². The molecule has 23 heavy (non-hydrogen) atoms. The van der Waals surface area contributed by atoms with E-state index in [9.17, 15) is 18.0 Å². The summed E-state index contributed by atoms with van der Waals surface area (Å²) in [5, 5.41) is 2.46. The minimum Gasteiger partial charge on any atom is -0.355 e. The number of rotatable bonds is 6. The van der Waals surface area contributed by atoms with E-state index in [0.29, 0.717) is 5.56 Å². The first-order valence-corrected chi connectivity index (χ1v) is 8.64. The molecule has 1 rings (SSSR count). The predicted molar refractivity (Wildman–Crippen MR) is 87.5 cm³/mol. The molecule has 0 saturated carbocycles. The Morgan fingerprint density at radius 1 is 1.09 bits per heavy atom. The maximum atomic E-state index is 12.4. The van der Waals surface area contributed by atoms with Crippen LogP contribution >= 0.6 is 0 Å². The van der Waals surface area contributed by atoms with Gasteiger partial charge in [0, 0.05) is 26.7 Å². The van der Waals surface area contributed by atoms with Crippen molar-refractivity contribution in [3.63, 3.8) is 0 Å². The van der Waals surface area contributed by atoms with E-state index in [1.807, 2.05) is 0 Å². The van der Waals surface area contributed by atoms with Gasteiger partial charge in [-0.25, -0.2) is 8.42 Å². The highest BCUT2D eigenvalue weighted by Gasteiger charge is 2.29. The first kappa shape index (κ1) is 19.1. The Kier molecular flexibility index (Phi) is 6.28. The number of likely N-dealkylation sites (N-methyl/N-ethyl adjacent to an activating group) is 1. The van der Waals surface area contributed by atoms with Gasteiger partial charge in [-0.1, -0.05) is 13.8 Å². The van der Waals surface area contributed by atoms with Gasteiger partial charge in [0.1, 0.15) is 6.04 Å². The molecule has 0 saturated heterocycles. The van der Waals surface area contributed by atoms with Crippen LogP contribution in [0.4, 0.5) is 0 Å². The number of hydrogen-bond acceptors (Lipinski definition) is 4. The minimum atomic E-state index is -3.86. The lowest BCUT2D eigenvalue weighted by Crippen LogP contribution is -2.49. The van der Waals surface area contributed by atoms with Gasteiger partial charge in [-0.2, -0.15) is 4.72 Å². The monoisotopic (exact) mass is 341 g/mol. The molecule has 0 radical (unpaired) electrons. The second-order valence-corrected chi connectivity index (χ2v) is 7.39. The summed E-state index contributed by atoms with van der Waals surface area (Å²) in [5.74, 6) is -0.819. The lowest BCUT2D eigenvalue weighted by atomic mass is 10.0. The fourth-order valence-corrected chi connectivity index (χ4v) is 3.25. The quantitative estimate of drug-likeness (QED) is 0.785. The van der Waals surface area contributed by atoms with Crippen molar-refractivity contribution < 1.29 is 18.0 Å². The highest BCUT2D eigenvalue weighted by Crippen LogP contribution is 2.14. The summed E-state index contributed by atoms with van der Waals surface area (Å²) in [5.41, 5.74) is 0.358. The van der Waals surface area contributed by atoms with Gasteiger partial charge in [-0.15, -0.1) is 0 Å². The van der Waals surface area contributed by atoms with E-state index in [4.69, 9.17) is 0 Å². The lowest BCUT2D eigenvalue weighted by molar-refractivity contribution is -0.131. The maximum Gasteiger partial charge on any atom is 0.251 e. The van der Waals surface area contributed by atoms with Crippen molar-refractivity contribution in [1.82, 2.24) is 14.9 Å². The average molecular weight is 341 g/mol. The van der Waals surface area contributed by atoms with Crippen LogP contribution in [0.3, 0.4) is 0 Å². The normalized spacial score (nSPS) is 12.8. The third-order valence-electron chi connectivity index (χ3n) is 3.31. The number of nitrogens with zero attached hydrogens (tertiary/aromatic N) is 1. The van der Waals surface area contributed by atoms with E-state index >= 15 is 0 Å². The minimum absolute atomic E-state index is 0.00218. The van der Waals surface area contributed by atoms with Gasteiger partial charge in [0.05, 0.1) is 4.90 Å². The van der Waals surface area contributed by atoms with Gasteiger partial charge in [-0.05, 0) is 30.2 Å². The molecule has 0 aliphatic heterocycles. The summed E-state index contributed by atoms with van der Waals surface area (Å²) >= 11 is 0. The van der Waals surface area contributed by atoms with Crippen LogP contribution in [0.5, 0.6) is 0 Å². The van der Waals surface area contributed by atoms with Crippen LogP contribution in [0.1, 0.15) is 24.2 Å². The molecule has 0 spiro atoms. The fraction of sp³-hybridized carbons (Fsp3) is 0.467. The first-order valence-electron chi connectivity index (χ1n) is 7.15. The second-order valence-electron chi connectivity index (χ2n) is 5.68. The molecule has 1 atom stereocenters. The number of carbonyl (C=O) groups is 2. The second kappa shape index (κ2) is 7.56. The molecule has 0 aliphatic rings. The van der Waals surface area contributed by atoms with Gasteiger partial charge in [0.25, 0.3) is 5.91 Å². The Hall–Kier alpha value is -1.93. The number of hydrogen-bond donors (Lipinski definition) is 2. The van der Waals surface area contributed by atoms with E-state index in [2.05, 4.69) is 10.0 Å². The third-order valence-corrected chi connectivity index (χ3v) is 4.77. The smallest absolute Gasteiger partial charge is 0.251 e. The van der Waals surface area contributed by atoms with Crippen LogP contribution in [-0.4, -0.2) is 52.3 Å². The number of sulfonamides is 1. The summed E-state index contributed by atoms with van der Waals surface area (Å²) in [6, 6.07) is 4.67. The summed E-state index contributed by atoms with van der Waals surface area (Å²) in [6.07, 6.45) is 0. The Labute approximate surface area is 137 Å². The number of nitrogens with one attached hydrogen (secondary N) is 2. The van der Waals surface area contributed by atoms with Crippen molar-refractivity contribution in [2.24, 2.45) is 5.92 Å². The van der Waals surface area contributed by atoms with E-state index < -0.39 is 16.1 Å². The summed E-state index contributed by atoms with van der Waals surface area (Å²) < 4.78 is 27.3. The standard InChI is InChI=1S/C15H23N3O4S/c1-10(2)13(15(20)18(4)5)17-23(21,22)12-8-6-11(7-9-12)14(19)16-3/h6-10,13,17H,1-5H3,(H,16,19). The van der Waals surface area contributed by atoms with E-state index in [1.54, 1.807) is 27.9 Å². The Balaban J connectivity index is 3.06. The number of amides is 2. The van der Waals surface area contributed by atoms with Crippen molar-refractivity contribution in [2.45, 2.75) is 24.8 Å². The molecular weight excluding hydrogens is 318 g/mol. The van der Waals surface area contributed by atoms with Gasteiger partial charge < -0.3 is 10.2 Å². The molecule has 0 fully saturated rings. The summed E-state index contributed by atoms with van der Waals surface area (Å²) in [7, 11) is 0.780. The van der Waals surface area contributed by atoms with E-state index in [-0.39, 0.29) is 22.6 Å². The zero-order valence-electron chi connectivity index (χ0n) is 14.0. The molecule has 2 N–H and O–H groups in total. The van der Waals surface area contributed by atoms with Crippen molar-refractivity contribution >= 4 is 21.8 Å². The molecule has 0 aliphatic carbocycles. The lowest BCUT2D eigenvalue weighted by Gasteiger charge is -2.24. The van der Waals surface area contributed by atoms with Crippen molar-refractivity contribution in [1.29, 1.82) is 0 Å². The molecule has 8 heteroatoms. The van der Waals surface area contributed by atoms with Gasteiger partial charge >= 0.3 is 0 Å². The van der Waals surface area contributed by atoms with Crippen molar-refractivity contribution in [3.05, 3.63) is 29.8 Å². The van der Waals surface area contributed by atoms with Crippen LogP contribution < -0.4 is 10.0 Å². The highest BCUT2D eigenvalue weighted by atomic mass is 32.2. The topological polar surface area (TPSA) is 95.6 Å². The average Bonchev–Trinajstić information content (AvgIpc) is 2.51. The van der Waals surface area contributed by atoms with Crippen molar-refractivity contribution in [2.75, 3.05) is 21.1 Å². The van der Waals surface area contributed by atoms with Crippen LogP contribution in [0.25, 0.3) is 0 Å².